The van der Waals surface area contributed by atoms with Crippen molar-refractivity contribution in [1.29, 1.82) is 0 Å². The molecule has 2 amide bonds. The molecule has 6 nitrogen and oxygen atoms in total. The zero-order chi connectivity index (χ0) is 20.3. The van der Waals surface area contributed by atoms with E-state index in [2.05, 4.69) is 5.32 Å². The smallest absolute Gasteiger partial charge is 0.349 e. The fraction of sp³-hybridized carbons (Fsp3) is 0.409. The summed E-state index contributed by atoms with van der Waals surface area (Å²) in [4.78, 5) is 38.1. The number of carbonyl (C=O) groups is 2. The molecule has 1 saturated carbocycles. The van der Waals surface area contributed by atoms with E-state index in [0.717, 1.165) is 24.8 Å². The van der Waals surface area contributed by atoms with E-state index in [9.17, 15) is 14.4 Å². The van der Waals surface area contributed by atoms with Crippen molar-refractivity contribution >= 4 is 17.5 Å². The summed E-state index contributed by atoms with van der Waals surface area (Å²) in [7, 11) is 3.47. The largest absolute Gasteiger partial charge is 0.427 e. The van der Waals surface area contributed by atoms with E-state index >= 15 is 0 Å². The van der Waals surface area contributed by atoms with Crippen LogP contribution in [0, 0.1) is 6.92 Å². The second-order valence-corrected chi connectivity index (χ2v) is 7.56. The summed E-state index contributed by atoms with van der Waals surface area (Å²) in [5.74, 6) is 0.587. The van der Waals surface area contributed by atoms with Crippen LogP contribution in [0.2, 0.25) is 0 Å². The number of hydrogen-bond donors (Lipinski definition) is 1. The Labute approximate surface area is 164 Å². The Morgan fingerprint density at radius 3 is 2.39 bits per heavy atom. The lowest BCUT2D eigenvalue weighted by Gasteiger charge is -2.24. The number of benzene rings is 1. The van der Waals surface area contributed by atoms with Crippen LogP contribution in [0.1, 0.15) is 58.8 Å². The molecule has 1 aliphatic rings. The van der Waals surface area contributed by atoms with E-state index in [4.69, 9.17) is 4.42 Å². The highest BCUT2D eigenvalue weighted by atomic mass is 16.4. The first-order valence-electron chi connectivity index (χ1n) is 9.60. The number of amides is 2. The van der Waals surface area contributed by atoms with Crippen molar-refractivity contribution in [1.82, 2.24) is 4.90 Å². The molecule has 0 aliphatic heterocycles. The predicted molar refractivity (Wildman–Crippen MR) is 108 cm³/mol. The van der Waals surface area contributed by atoms with E-state index in [1.807, 2.05) is 18.2 Å². The number of nitrogens with zero attached hydrogens (tertiary/aromatic N) is 1. The number of anilines is 1. The van der Waals surface area contributed by atoms with Crippen LogP contribution in [0.4, 0.5) is 5.69 Å². The molecule has 0 radical (unpaired) electrons. The molecule has 1 N–H and O–H groups in total. The Morgan fingerprint density at radius 1 is 1.18 bits per heavy atom. The second kappa shape index (κ2) is 8.42. The number of hydrogen-bond acceptors (Lipinski definition) is 4. The van der Waals surface area contributed by atoms with Crippen molar-refractivity contribution in [2.24, 2.45) is 0 Å². The van der Waals surface area contributed by atoms with Gasteiger partial charge in [-0.25, -0.2) is 4.79 Å². The van der Waals surface area contributed by atoms with E-state index in [1.165, 1.54) is 0 Å². The van der Waals surface area contributed by atoms with Crippen LogP contribution in [0.5, 0.6) is 0 Å². The molecule has 1 fully saturated rings. The van der Waals surface area contributed by atoms with E-state index < -0.39 is 11.5 Å². The molecule has 0 atom stereocenters. The molecular formula is C22H26N2O4. The van der Waals surface area contributed by atoms with Gasteiger partial charge in [-0.3, -0.25) is 9.59 Å². The van der Waals surface area contributed by atoms with Crippen LogP contribution in [0.25, 0.3) is 0 Å². The average Bonchev–Trinajstić information content (AvgIpc) is 2.58. The third-order valence-corrected chi connectivity index (χ3v) is 5.24. The molecule has 0 spiro atoms. The topological polar surface area (TPSA) is 79.6 Å². The van der Waals surface area contributed by atoms with Gasteiger partial charge >= 0.3 is 5.63 Å². The van der Waals surface area contributed by atoms with Gasteiger partial charge in [0.2, 0.25) is 5.91 Å². The fourth-order valence-corrected chi connectivity index (χ4v) is 3.22. The molecular weight excluding hydrogens is 356 g/mol. The predicted octanol–water partition coefficient (Wildman–Crippen LogP) is 3.49. The maximum absolute atomic E-state index is 12.6. The van der Waals surface area contributed by atoms with Gasteiger partial charge in [-0.15, -0.1) is 0 Å². The van der Waals surface area contributed by atoms with E-state index in [-0.39, 0.29) is 11.5 Å². The van der Waals surface area contributed by atoms with Gasteiger partial charge in [-0.2, -0.15) is 0 Å². The molecule has 148 valence electrons. The highest BCUT2D eigenvalue weighted by Crippen LogP contribution is 2.36. The molecule has 0 saturated heterocycles. The zero-order valence-electron chi connectivity index (χ0n) is 16.6. The van der Waals surface area contributed by atoms with Gasteiger partial charge in [0.1, 0.15) is 11.3 Å². The van der Waals surface area contributed by atoms with Gasteiger partial charge in [0.05, 0.1) is 0 Å². The Kier molecular flexibility index (Phi) is 5.97. The Balaban J connectivity index is 1.66. The number of rotatable bonds is 6. The molecule has 2 aromatic rings. The molecule has 1 aliphatic carbocycles. The van der Waals surface area contributed by atoms with Crippen LogP contribution in [0.3, 0.4) is 0 Å². The van der Waals surface area contributed by atoms with Crippen molar-refractivity contribution in [2.45, 2.75) is 44.9 Å². The highest BCUT2D eigenvalue weighted by Gasteiger charge is 2.25. The van der Waals surface area contributed by atoms with Crippen molar-refractivity contribution in [3.05, 3.63) is 63.2 Å². The minimum absolute atomic E-state index is 0.0451. The van der Waals surface area contributed by atoms with E-state index in [0.29, 0.717) is 35.8 Å². The first-order chi connectivity index (χ1) is 13.3. The third kappa shape index (κ3) is 4.50. The first kappa shape index (κ1) is 19.9. The average molecular weight is 382 g/mol. The van der Waals surface area contributed by atoms with Crippen molar-refractivity contribution in [2.75, 3.05) is 19.4 Å². The lowest BCUT2D eigenvalue weighted by atomic mass is 9.83. The van der Waals surface area contributed by atoms with Crippen molar-refractivity contribution in [3.8, 4) is 0 Å². The van der Waals surface area contributed by atoms with Crippen molar-refractivity contribution < 1.29 is 14.0 Å². The van der Waals surface area contributed by atoms with Gasteiger partial charge in [0, 0.05) is 32.1 Å². The second-order valence-electron chi connectivity index (χ2n) is 7.56. The number of nitrogens with one attached hydrogen (secondary N) is 1. The van der Waals surface area contributed by atoms with Gasteiger partial charge in [0.25, 0.3) is 5.91 Å². The molecule has 1 aromatic heterocycles. The fourth-order valence-electron chi connectivity index (χ4n) is 3.22. The first-order valence-corrected chi connectivity index (χ1v) is 9.60. The molecule has 6 heteroatoms. The maximum Gasteiger partial charge on any atom is 0.349 e. The lowest BCUT2D eigenvalue weighted by Crippen LogP contribution is -2.24. The summed E-state index contributed by atoms with van der Waals surface area (Å²) in [5, 5.41) is 2.75. The molecule has 0 bridgehead atoms. The highest BCUT2D eigenvalue weighted by molar-refractivity contribution is 6.04. The molecule has 0 unspecified atom stereocenters. The summed E-state index contributed by atoms with van der Waals surface area (Å²) in [5.41, 5.74) is 1.69. The minimum atomic E-state index is -0.585. The summed E-state index contributed by atoms with van der Waals surface area (Å²) in [6.07, 6.45) is 4.28. The molecule has 1 heterocycles. The number of carbonyl (C=O) groups excluding carboxylic acids is 2. The van der Waals surface area contributed by atoms with Crippen LogP contribution >= 0.6 is 0 Å². The molecule has 1 aromatic carbocycles. The van der Waals surface area contributed by atoms with Crippen LogP contribution in [-0.2, 0) is 11.2 Å². The van der Waals surface area contributed by atoms with Gasteiger partial charge in [-0.1, -0.05) is 18.6 Å². The van der Waals surface area contributed by atoms with Crippen molar-refractivity contribution in [3.63, 3.8) is 0 Å². The summed E-state index contributed by atoms with van der Waals surface area (Å²) in [6.45, 7) is 1.76. The van der Waals surface area contributed by atoms with Gasteiger partial charge in [-0.05, 0) is 55.5 Å². The van der Waals surface area contributed by atoms with Crippen LogP contribution < -0.4 is 10.9 Å². The quantitative estimate of drug-likeness (QED) is 0.829. The van der Waals surface area contributed by atoms with Crippen LogP contribution in [-0.4, -0.2) is 30.8 Å². The Hall–Kier alpha value is -2.89. The number of aryl methyl sites for hydroxylation is 2. The normalized spacial score (nSPS) is 13.7. The van der Waals surface area contributed by atoms with Gasteiger partial charge in [0.15, 0.2) is 0 Å². The molecule has 28 heavy (non-hydrogen) atoms. The zero-order valence-corrected chi connectivity index (χ0v) is 16.6. The lowest BCUT2D eigenvalue weighted by molar-refractivity contribution is -0.128. The maximum atomic E-state index is 12.6. The molecule has 3 rings (SSSR count). The summed E-state index contributed by atoms with van der Waals surface area (Å²) in [6, 6.07) is 9.09. The van der Waals surface area contributed by atoms with Crippen LogP contribution in [0.15, 0.2) is 39.5 Å². The van der Waals surface area contributed by atoms with Gasteiger partial charge < -0.3 is 14.6 Å². The van der Waals surface area contributed by atoms with E-state index in [1.54, 1.807) is 38.1 Å². The Morgan fingerprint density at radius 2 is 1.86 bits per heavy atom. The third-order valence-electron chi connectivity index (χ3n) is 5.24. The standard InChI is InChI=1S/C22H26N2O4/c1-14-13-18(16-5-4-6-16)28-22(27)20(14)21(26)23-17-10-7-15(8-11-17)9-12-19(25)24(2)3/h7-8,10-11,13,16H,4-6,9,12H2,1-3H3,(H,23,26). The summed E-state index contributed by atoms with van der Waals surface area (Å²) >= 11 is 0. The Bertz CT molecular complexity index is 925. The SMILES string of the molecule is Cc1cc(C2CCC2)oc(=O)c1C(=O)Nc1ccc(CCC(=O)N(C)C)cc1. The monoisotopic (exact) mass is 382 g/mol. The summed E-state index contributed by atoms with van der Waals surface area (Å²) < 4.78 is 5.39. The minimum Gasteiger partial charge on any atom is -0.427 e.